The monoisotopic (exact) mass is 1360 g/mol. The summed E-state index contributed by atoms with van der Waals surface area (Å²) >= 11 is 0. The number of hydrogen-bond donors (Lipinski definition) is 0. The Labute approximate surface area is 463 Å². The summed E-state index contributed by atoms with van der Waals surface area (Å²) < 4.78 is 0. The zero-order chi connectivity index (χ0) is 48.2. The molecule has 10 aromatic carbocycles. The van der Waals surface area contributed by atoms with Crippen molar-refractivity contribution in [2.75, 3.05) is 0 Å². The molecule has 0 saturated carbocycles. The summed E-state index contributed by atoms with van der Waals surface area (Å²) in [5, 5.41) is 17.3. The third kappa shape index (κ3) is 10.4. The smallest absolute Gasteiger partial charge is 0.366 e. The zero-order valence-corrected chi connectivity index (χ0v) is 49.0. The van der Waals surface area contributed by atoms with Crippen LogP contribution in [-0.4, -0.2) is 16.1 Å². The normalized spacial score (nSPS) is 12.7. The van der Waals surface area contributed by atoms with Gasteiger partial charge in [0.2, 0.25) is 0 Å². The van der Waals surface area contributed by atoms with Crippen molar-refractivity contribution in [1.82, 2.24) is 0 Å². The Kier molecular flexibility index (Phi) is 16.9. The fourth-order valence-corrected chi connectivity index (χ4v) is 22.8. The van der Waals surface area contributed by atoms with E-state index in [1.165, 1.54) is 85.6 Å². The van der Waals surface area contributed by atoms with Gasteiger partial charge in [-0.15, -0.1) is 35.4 Å². The molecule has 0 aromatic heterocycles. The van der Waals surface area contributed by atoms with Crippen LogP contribution in [0.5, 0.6) is 0 Å². The molecule has 2 heterocycles. The fraction of sp³-hybridized carbons (Fsp3) is 0.0606. The average molecular weight is 1360 g/mol. The van der Waals surface area contributed by atoms with Crippen LogP contribution in [-0.2, 0) is 44.8 Å². The van der Waals surface area contributed by atoms with Crippen LogP contribution in [0.2, 0.25) is 26.2 Å². The van der Waals surface area contributed by atoms with E-state index in [2.05, 4.69) is 269 Å². The standard InChI is InChI=1S/C34H26P2.2C16H13Si.2Au/c1-5-17-29(18-6-1)35(30-19-7-2-8-20-30)33-25-27-15-13-14-16-28(27)26-34(33)36(31-21-9-3-10-22-31)32-23-11-4-12-24-32;1-4-12-9-10-16-14(11-12)13-7-5-6-8-15(13)17(16,2)3;1-4-12-9-10-14-13-7-5-6-8-15(13)17(2,3)16(14)11-12;;/h1-26H;2*5-11H,2-3H3;;/q;2*-1;2*+1/p+2. The van der Waals surface area contributed by atoms with Gasteiger partial charge in [-0.2, -0.15) is 0 Å². The summed E-state index contributed by atoms with van der Waals surface area (Å²) in [5.41, 5.74) is 7.17. The molecule has 0 unspecified atom stereocenters. The van der Waals surface area contributed by atoms with E-state index >= 15 is 0 Å². The van der Waals surface area contributed by atoms with Crippen molar-refractivity contribution in [2.45, 2.75) is 26.2 Å². The maximum atomic E-state index is 7.26. The van der Waals surface area contributed by atoms with E-state index in [1.54, 1.807) is 0 Å². The number of fused-ring (bicyclic) bond motifs is 7. The zero-order valence-electron chi connectivity index (χ0n) is 40.7. The van der Waals surface area contributed by atoms with Gasteiger partial charge in [-0.05, 0) is 109 Å². The molecule has 12 rings (SSSR count). The average Bonchev–Trinajstić information content (AvgIpc) is 3.79. The Morgan fingerprint density at radius 1 is 0.306 bits per heavy atom. The second kappa shape index (κ2) is 23.1. The minimum absolute atomic E-state index is 0. The van der Waals surface area contributed by atoms with E-state index in [-0.39, 0.29) is 44.8 Å². The van der Waals surface area contributed by atoms with Crippen LogP contribution in [0, 0.1) is 24.7 Å². The first-order valence-corrected chi connectivity index (χ1v) is 33.0. The first-order chi connectivity index (χ1) is 34.2. The van der Waals surface area contributed by atoms with Crippen molar-refractivity contribution in [3.8, 4) is 34.1 Å². The van der Waals surface area contributed by atoms with Crippen LogP contribution in [0.3, 0.4) is 0 Å². The Morgan fingerprint density at radius 2 is 0.625 bits per heavy atom. The molecular weight excluding hydrogens is 1300 g/mol. The Morgan fingerprint density at radius 3 is 1.06 bits per heavy atom. The Balaban J connectivity index is 0.000000161. The van der Waals surface area contributed by atoms with Crippen molar-refractivity contribution in [3.63, 3.8) is 0 Å². The van der Waals surface area contributed by atoms with Crippen LogP contribution in [0.1, 0.15) is 11.1 Å². The number of benzene rings is 10. The van der Waals surface area contributed by atoms with Gasteiger partial charge < -0.3 is 12.8 Å². The molecule has 0 atom stereocenters. The summed E-state index contributed by atoms with van der Waals surface area (Å²) in [7, 11) is -5.52. The Bertz CT molecular complexity index is 3380. The molecule has 0 nitrogen and oxygen atoms in total. The molecule has 356 valence electrons. The number of rotatable bonds is 6. The quantitative estimate of drug-likeness (QED) is 0.0674. The maximum Gasteiger partial charge on any atom is 1.00 e. The molecule has 0 radical (unpaired) electrons. The van der Waals surface area contributed by atoms with E-state index < -0.39 is 32.0 Å². The van der Waals surface area contributed by atoms with E-state index in [0.29, 0.717) is 0 Å². The second-order valence-electron chi connectivity index (χ2n) is 19.1. The van der Waals surface area contributed by atoms with Gasteiger partial charge in [0.25, 0.3) is 0 Å². The van der Waals surface area contributed by atoms with Gasteiger partial charge in [0.15, 0.2) is 0 Å². The van der Waals surface area contributed by atoms with E-state index in [9.17, 15) is 0 Å². The van der Waals surface area contributed by atoms with Crippen LogP contribution in [0.25, 0.3) is 33.0 Å². The second-order valence-corrected chi connectivity index (χ2v) is 32.6. The molecule has 10 aromatic rings. The predicted octanol–water partition coefficient (Wildman–Crippen LogP) is 10.7. The molecule has 0 fully saturated rings. The largest absolute Gasteiger partial charge is 1.00 e. The third-order valence-corrected chi connectivity index (χ3v) is 27.0. The molecule has 6 heteroatoms. The van der Waals surface area contributed by atoms with Crippen LogP contribution >= 0.6 is 15.8 Å². The molecule has 0 N–H and O–H groups in total. The molecule has 2 aliphatic rings. The first-order valence-electron chi connectivity index (χ1n) is 24.0. The first kappa shape index (κ1) is 52.7. The molecule has 0 saturated heterocycles. The summed E-state index contributed by atoms with van der Waals surface area (Å²) in [4.78, 5) is 0. The molecule has 0 amide bonds. The molecule has 0 aliphatic carbocycles. The fourth-order valence-electron chi connectivity index (χ4n) is 10.6. The van der Waals surface area contributed by atoms with Gasteiger partial charge >= 0.3 is 44.8 Å². The third-order valence-electron chi connectivity index (χ3n) is 14.1. The van der Waals surface area contributed by atoms with Gasteiger partial charge in [0.1, 0.15) is 63.8 Å². The van der Waals surface area contributed by atoms with E-state index in [4.69, 9.17) is 12.8 Å². The van der Waals surface area contributed by atoms with Gasteiger partial charge in [-0.3, -0.25) is 11.8 Å². The topological polar surface area (TPSA) is 0 Å². The van der Waals surface area contributed by atoms with Gasteiger partial charge in [-0.25, -0.2) is 0 Å². The van der Waals surface area contributed by atoms with Crippen molar-refractivity contribution >= 4 is 95.3 Å². The van der Waals surface area contributed by atoms with Crippen LogP contribution in [0.15, 0.2) is 243 Å². The van der Waals surface area contributed by atoms with Crippen LogP contribution in [0.4, 0.5) is 0 Å². The van der Waals surface area contributed by atoms with Crippen molar-refractivity contribution < 1.29 is 44.8 Å². The molecule has 72 heavy (non-hydrogen) atoms. The minimum Gasteiger partial charge on any atom is -0.366 e. The van der Waals surface area contributed by atoms with Crippen molar-refractivity contribution in [2.24, 2.45) is 0 Å². The minimum atomic E-state index is -1.55. The van der Waals surface area contributed by atoms with E-state index in [1.807, 2.05) is 12.1 Å². The summed E-state index contributed by atoms with van der Waals surface area (Å²) in [6, 6.07) is 88.3. The van der Waals surface area contributed by atoms with E-state index in [0.717, 1.165) is 11.1 Å². The Hall–Kier alpha value is -5.65. The summed E-state index contributed by atoms with van der Waals surface area (Å²) in [5.74, 6) is 4.97. The van der Waals surface area contributed by atoms with Gasteiger partial charge in [0, 0.05) is 0 Å². The van der Waals surface area contributed by atoms with Gasteiger partial charge in [0.05, 0.1) is 0 Å². The van der Waals surface area contributed by atoms with Crippen molar-refractivity contribution in [1.29, 1.82) is 0 Å². The summed E-state index contributed by atoms with van der Waals surface area (Å²) in [6.45, 7) is 9.55. The van der Waals surface area contributed by atoms with Crippen LogP contribution < -0.4 is 52.6 Å². The summed E-state index contributed by atoms with van der Waals surface area (Å²) in [6.07, 6.45) is 14.5. The SMILES string of the molecule is [Au+].[Au+].[C-]#Cc1ccc2c(c1)-c1ccccc1[Si]2(C)C.[C-]#Cc1ccc2c(c1)[Si](C)(C)c1ccccc1-2.c1ccc([PH+](c2ccccc2)c2cc3ccccc3cc2[PH+](c2ccccc2)c2ccccc2)cc1. The number of hydrogen-bond acceptors (Lipinski definition) is 0. The van der Waals surface area contributed by atoms with Gasteiger partial charge in [-0.1, -0.05) is 189 Å². The molecule has 2 aliphatic heterocycles. The maximum absolute atomic E-state index is 7.26. The van der Waals surface area contributed by atoms with Crippen molar-refractivity contribution in [3.05, 3.63) is 267 Å². The molecule has 0 spiro atoms. The molecule has 0 bridgehead atoms. The predicted molar refractivity (Wildman–Crippen MR) is 314 cm³/mol. The molecular formula is C66H54Au2P2Si2+2.